The predicted octanol–water partition coefficient (Wildman–Crippen LogP) is 2.63. The second-order valence-electron chi connectivity index (χ2n) is 4.57. The summed E-state index contributed by atoms with van der Waals surface area (Å²) in [6, 6.07) is 14.4. The minimum Gasteiger partial charge on any atom is -0.267 e. The van der Waals surface area contributed by atoms with Crippen LogP contribution in [-0.4, -0.2) is 23.0 Å². The van der Waals surface area contributed by atoms with E-state index in [2.05, 4.69) is 5.10 Å². The van der Waals surface area contributed by atoms with E-state index in [1.807, 2.05) is 31.2 Å². The Morgan fingerprint density at radius 3 is 2.05 bits per heavy atom. The third-order valence-electron chi connectivity index (χ3n) is 3.27. The highest BCUT2D eigenvalue weighted by molar-refractivity contribution is 6.21. The van der Waals surface area contributed by atoms with Gasteiger partial charge in [-0.2, -0.15) is 10.1 Å². The summed E-state index contributed by atoms with van der Waals surface area (Å²) in [4.78, 5) is 24.2. The van der Waals surface area contributed by atoms with E-state index >= 15 is 0 Å². The number of hydrazone groups is 1. The molecule has 20 heavy (non-hydrogen) atoms. The molecule has 0 radical (unpaired) electrons. The monoisotopic (exact) mass is 264 g/mol. The van der Waals surface area contributed by atoms with E-state index in [9.17, 15) is 9.59 Å². The molecule has 2 amide bonds. The van der Waals surface area contributed by atoms with Crippen LogP contribution in [0.4, 0.5) is 0 Å². The van der Waals surface area contributed by atoms with Gasteiger partial charge in [-0.05, 0) is 30.2 Å². The summed E-state index contributed by atoms with van der Waals surface area (Å²) in [6.45, 7) is 1.95. The van der Waals surface area contributed by atoms with Crippen LogP contribution >= 0.6 is 0 Å². The number of carbonyl (C=O) groups is 2. The van der Waals surface area contributed by atoms with E-state index in [4.69, 9.17) is 0 Å². The molecule has 0 saturated carbocycles. The molecule has 3 rings (SSSR count). The van der Waals surface area contributed by atoms with Crippen LogP contribution in [0.15, 0.2) is 53.6 Å². The van der Waals surface area contributed by atoms with E-state index in [0.29, 0.717) is 11.1 Å². The van der Waals surface area contributed by atoms with Crippen molar-refractivity contribution in [3.05, 3.63) is 70.8 Å². The number of amides is 2. The van der Waals surface area contributed by atoms with Crippen LogP contribution in [0.3, 0.4) is 0 Å². The molecule has 2 aromatic carbocycles. The SMILES string of the molecule is Cc1ccccc1/C=N\N1C(=O)c2ccccc2C1=O. The van der Waals surface area contributed by atoms with Crippen LogP contribution in [-0.2, 0) is 0 Å². The van der Waals surface area contributed by atoms with Crippen LogP contribution < -0.4 is 0 Å². The van der Waals surface area contributed by atoms with Gasteiger partial charge in [0.05, 0.1) is 17.3 Å². The van der Waals surface area contributed by atoms with Crippen molar-refractivity contribution in [1.29, 1.82) is 0 Å². The van der Waals surface area contributed by atoms with Crippen LogP contribution in [0.25, 0.3) is 0 Å². The number of rotatable bonds is 2. The summed E-state index contributed by atoms with van der Waals surface area (Å²) in [5, 5.41) is 4.95. The second-order valence-corrected chi connectivity index (χ2v) is 4.57. The minimum absolute atomic E-state index is 0.379. The van der Waals surface area contributed by atoms with Crippen LogP contribution in [0.1, 0.15) is 31.8 Å². The van der Waals surface area contributed by atoms with Crippen molar-refractivity contribution in [3.63, 3.8) is 0 Å². The minimum atomic E-state index is -0.379. The van der Waals surface area contributed by atoms with E-state index in [1.54, 1.807) is 24.3 Å². The lowest BCUT2D eigenvalue weighted by Crippen LogP contribution is -2.24. The largest absolute Gasteiger partial charge is 0.282 e. The molecule has 0 unspecified atom stereocenters. The van der Waals surface area contributed by atoms with Crippen LogP contribution in [0.2, 0.25) is 0 Å². The Hall–Kier alpha value is -2.75. The average molecular weight is 264 g/mol. The lowest BCUT2D eigenvalue weighted by molar-refractivity contribution is 0.0660. The first-order valence-corrected chi connectivity index (χ1v) is 6.26. The summed E-state index contributed by atoms with van der Waals surface area (Å²) in [7, 11) is 0. The highest BCUT2D eigenvalue weighted by Gasteiger charge is 2.35. The molecule has 0 bridgehead atoms. The van der Waals surface area contributed by atoms with Crippen molar-refractivity contribution in [3.8, 4) is 0 Å². The fourth-order valence-corrected chi connectivity index (χ4v) is 2.13. The van der Waals surface area contributed by atoms with Gasteiger partial charge in [-0.25, -0.2) is 0 Å². The van der Waals surface area contributed by atoms with E-state index in [0.717, 1.165) is 16.1 Å². The number of nitrogens with zero attached hydrogens (tertiary/aromatic N) is 2. The van der Waals surface area contributed by atoms with Crippen molar-refractivity contribution in [1.82, 2.24) is 5.01 Å². The van der Waals surface area contributed by atoms with Gasteiger partial charge in [-0.3, -0.25) is 9.59 Å². The molecular formula is C16H12N2O2. The topological polar surface area (TPSA) is 49.7 Å². The quantitative estimate of drug-likeness (QED) is 0.618. The van der Waals surface area contributed by atoms with Gasteiger partial charge in [0, 0.05) is 0 Å². The Morgan fingerprint density at radius 2 is 1.45 bits per heavy atom. The zero-order valence-electron chi connectivity index (χ0n) is 10.9. The van der Waals surface area contributed by atoms with Gasteiger partial charge in [0.15, 0.2) is 0 Å². The first kappa shape index (κ1) is 12.3. The Bertz CT molecular complexity index is 700. The van der Waals surface area contributed by atoms with Crippen molar-refractivity contribution in [2.24, 2.45) is 5.10 Å². The fourth-order valence-electron chi connectivity index (χ4n) is 2.13. The van der Waals surface area contributed by atoms with Crippen LogP contribution in [0.5, 0.6) is 0 Å². The summed E-state index contributed by atoms with van der Waals surface area (Å²) in [6.07, 6.45) is 1.54. The Kier molecular flexibility index (Phi) is 2.91. The highest BCUT2D eigenvalue weighted by Crippen LogP contribution is 2.22. The maximum absolute atomic E-state index is 12.1. The normalized spacial score (nSPS) is 14.2. The van der Waals surface area contributed by atoms with Gasteiger partial charge >= 0.3 is 0 Å². The first-order valence-electron chi connectivity index (χ1n) is 6.26. The van der Waals surface area contributed by atoms with Gasteiger partial charge < -0.3 is 0 Å². The Balaban J connectivity index is 1.93. The van der Waals surface area contributed by atoms with Gasteiger partial charge in [0.25, 0.3) is 11.8 Å². The fraction of sp³-hybridized carbons (Fsp3) is 0.0625. The summed E-state index contributed by atoms with van der Waals surface area (Å²) in [5.41, 5.74) is 2.72. The van der Waals surface area contributed by atoms with Crippen molar-refractivity contribution < 1.29 is 9.59 Å². The molecule has 0 saturated heterocycles. The van der Waals surface area contributed by atoms with Crippen LogP contribution in [0, 0.1) is 6.92 Å². The molecule has 0 fully saturated rings. The van der Waals surface area contributed by atoms with Gasteiger partial charge in [0.1, 0.15) is 0 Å². The maximum atomic E-state index is 12.1. The standard InChI is InChI=1S/C16H12N2O2/c1-11-6-2-3-7-12(11)10-17-18-15(19)13-8-4-5-9-14(13)16(18)20/h2-10H,1H3/b17-10-. The van der Waals surface area contributed by atoms with Crippen molar-refractivity contribution in [2.75, 3.05) is 0 Å². The third kappa shape index (κ3) is 1.91. The maximum Gasteiger partial charge on any atom is 0.282 e. The van der Waals surface area contributed by atoms with Gasteiger partial charge in [0.2, 0.25) is 0 Å². The first-order chi connectivity index (χ1) is 9.68. The zero-order chi connectivity index (χ0) is 14.1. The number of aryl methyl sites for hydroxylation is 1. The molecule has 2 aromatic rings. The van der Waals surface area contributed by atoms with E-state index in [1.165, 1.54) is 6.21 Å². The lowest BCUT2D eigenvalue weighted by Gasteiger charge is -2.06. The number of hydrogen-bond donors (Lipinski definition) is 0. The molecule has 0 aromatic heterocycles. The Labute approximate surface area is 116 Å². The number of fused-ring (bicyclic) bond motifs is 1. The zero-order valence-corrected chi connectivity index (χ0v) is 10.9. The molecule has 0 atom stereocenters. The van der Waals surface area contributed by atoms with E-state index in [-0.39, 0.29) is 11.8 Å². The average Bonchev–Trinajstić information content (AvgIpc) is 2.71. The third-order valence-corrected chi connectivity index (χ3v) is 3.27. The molecule has 0 spiro atoms. The number of hydrogen-bond acceptors (Lipinski definition) is 3. The Morgan fingerprint density at radius 1 is 0.900 bits per heavy atom. The summed E-state index contributed by atoms with van der Waals surface area (Å²) >= 11 is 0. The molecular weight excluding hydrogens is 252 g/mol. The van der Waals surface area contributed by atoms with Gasteiger partial charge in [-0.15, -0.1) is 0 Å². The predicted molar refractivity (Wildman–Crippen MR) is 75.7 cm³/mol. The molecule has 1 aliphatic rings. The number of imide groups is 1. The molecule has 4 nitrogen and oxygen atoms in total. The van der Waals surface area contributed by atoms with Gasteiger partial charge in [-0.1, -0.05) is 36.4 Å². The number of benzene rings is 2. The van der Waals surface area contributed by atoms with Crippen molar-refractivity contribution >= 4 is 18.0 Å². The van der Waals surface area contributed by atoms with Crippen molar-refractivity contribution in [2.45, 2.75) is 6.92 Å². The van der Waals surface area contributed by atoms with E-state index < -0.39 is 0 Å². The molecule has 1 heterocycles. The number of carbonyl (C=O) groups excluding carboxylic acids is 2. The molecule has 0 aliphatic carbocycles. The summed E-state index contributed by atoms with van der Waals surface area (Å²) in [5.74, 6) is -0.758. The lowest BCUT2D eigenvalue weighted by atomic mass is 10.1. The summed E-state index contributed by atoms with van der Waals surface area (Å²) < 4.78 is 0. The molecule has 1 aliphatic heterocycles. The second kappa shape index (κ2) is 4.74. The molecule has 0 N–H and O–H groups in total. The smallest absolute Gasteiger partial charge is 0.267 e. The molecule has 4 heteroatoms. The molecule has 98 valence electrons. The highest BCUT2D eigenvalue weighted by atomic mass is 16.2.